The minimum atomic E-state index is -0.0432. The van der Waals surface area contributed by atoms with E-state index in [0.29, 0.717) is 45.7 Å². The van der Waals surface area contributed by atoms with Gasteiger partial charge in [0, 0.05) is 12.8 Å². The fourth-order valence-corrected chi connectivity index (χ4v) is 9.31. The van der Waals surface area contributed by atoms with Crippen molar-refractivity contribution in [1.29, 1.82) is 0 Å². The van der Waals surface area contributed by atoms with E-state index in [0.717, 1.165) is 24.7 Å². The molecule has 2 unspecified atom stereocenters. The Balaban J connectivity index is 1.15. The number of hydrogen-bond donors (Lipinski definition) is 0. The zero-order chi connectivity index (χ0) is 19.0. The molecule has 6 rings (SSSR count). The molecule has 3 heteroatoms. The molecule has 6 fully saturated rings. The third-order valence-corrected chi connectivity index (χ3v) is 11.6. The largest absolute Gasteiger partial charge is 0.348 e. The van der Waals surface area contributed by atoms with E-state index >= 15 is 0 Å². The molecule has 0 aromatic heterocycles. The molecule has 2 saturated heterocycles. The van der Waals surface area contributed by atoms with Gasteiger partial charge in [-0.2, -0.15) is 0 Å². The summed E-state index contributed by atoms with van der Waals surface area (Å²) in [7, 11) is 0. The maximum Gasteiger partial charge on any atom is 0.161 e. The van der Waals surface area contributed by atoms with Crippen molar-refractivity contribution in [1.82, 2.24) is 0 Å². The topological polar surface area (TPSA) is 27.7 Å². The molecule has 0 radical (unpaired) electrons. The first-order valence-electron chi connectivity index (χ1n) is 11.6. The van der Waals surface area contributed by atoms with Crippen LogP contribution in [0.15, 0.2) is 0 Å². The molecular formula is C24H38O3. The molecule has 0 amide bonds. The summed E-state index contributed by atoms with van der Waals surface area (Å²) in [5, 5.41) is 0. The van der Waals surface area contributed by atoms with Crippen molar-refractivity contribution < 1.29 is 14.2 Å². The average Bonchev–Trinajstić information content (AvgIpc) is 3.33. The second-order valence-corrected chi connectivity index (χ2v) is 12.5. The molecule has 0 N–H and O–H groups in total. The zero-order valence-electron chi connectivity index (χ0n) is 18.1. The van der Waals surface area contributed by atoms with Crippen molar-refractivity contribution in [3.8, 4) is 0 Å². The lowest BCUT2D eigenvalue weighted by molar-refractivity contribution is -0.252. The Labute approximate surface area is 164 Å². The van der Waals surface area contributed by atoms with Gasteiger partial charge in [-0.25, -0.2) is 0 Å². The van der Waals surface area contributed by atoms with Gasteiger partial charge < -0.3 is 14.2 Å². The molecule has 4 bridgehead atoms. The fraction of sp³-hybridized carbons (Fsp3) is 1.00. The van der Waals surface area contributed by atoms with Gasteiger partial charge in [-0.1, -0.05) is 41.5 Å². The molecule has 27 heavy (non-hydrogen) atoms. The Morgan fingerprint density at radius 1 is 0.667 bits per heavy atom. The van der Waals surface area contributed by atoms with Gasteiger partial charge in [-0.3, -0.25) is 0 Å². The molecule has 3 nitrogen and oxygen atoms in total. The van der Waals surface area contributed by atoms with Crippen LogP contribution in [0.2, 0.25) is 0 Å². The SMILES string of the molecule is CC1(C)[C@H]2CCC1(C)[C@@H]1O[C@@H](O[C@H]3C[C@H]4[C@@H](O3)C3(C)CC[C@@H]4C3(C)C)C[C@@H]12. The molecular weight excluding hydrogens is 336 g/mol. The van der Waals surface area contributed by atoms with Gasteiger partial charge in [-0.15, -0.1) is 0 Å². The van der Waals surface area contributed by atoms with Crippen molar-refractivity contribution in [3.05, 3.63) is 0 Å². The lowest BCUT2D eigenvalue weighted by atomic mass is 9.70. The second-order valence-electron chi connectivity index (χ2n) is 12.5. The van der Waals surface area contributed by atoms with Crippen LogP contribution in [0.25, 0.3) is 0 Å². The number of hydrogen-bond acceptors (Lipinski definition) is 3. The third kappa shape index (κ3) is 1.83. The highest BCUT2D eigenvalue weighted by Crippen LogP contribution is 2.72. The molecule has 152 valence electrons. The number of fused-ring (bicyclic) bond motifs is 10. The van der Waals surface area contributed by atoms with Crippen LogP contribution in [-0.2, 0) is 14.2 Å². The van der Waals surface area contributed by atoms with Crippen LogP contribution < -0.4 is 0 Å². The highest BCUT2D eigenvalue weighted by atomic mass is 16.8. The maximum absolute atomic E-state index is 6.58. The third-order valence-electron chi connectivity index (χ3n) is 11.6. The summed E-state index contributed by atoms with van der Waals surface area (Å²) in [4.78, 5) is 0. The molecule has 0 spiro atoms. The van der Waals surface area contributed by atoms with E-state index in [2.05, 4.69) is 41.5 Å². The van der Waals surface area contributed by atoms with Gasteiger partial charge in [0.25, 0.3) is 0 Å². The van der Waals surface area contributed by atoms with Gasteiger partial charge in [0.2, 0.25) is 0 Å². The van der Waals surface area contributed by atoms with Crippen LogP contribution >= 0.6 is 0 Å². The van der Waals surface area contributed by atoms with Crippen molar-refractivity contribution in [3.63, 3.8) is 0 Å². The Kier molecular flexibility index (Phi) is 3.25. The molecule has 0 aromatic carbocycles. The summed E-state index contributed by atoms with van der Waals surface area (Å²) in [5.41, 5.74) is 1.47. The first-order chi connectivity index (χ1) is 12.6. The predicted octanol–water partition coefficient (Wildman–Crippen LogP) is 5.38. The average molecular weight is 375 g/mol. The number of ether oxygens (including phenoxy) is 3. The molecule has 4 aliphatic carbocycles. The van der Waals surface area contributed by atoms with Crippen LogP contribution in [0.1, 0.15) is 80.1 Å². The molecule has 0 aromatic rings. The van der Waals surface area contributed by atoms with Crippen LogP contribution in [0, 0.1) is 45.3 Å². The smallest absolute Gasteiger partial charge is 0.161 e. The van der Waals surface area contributed by atoms with E-state index in [1.807, 2.05) is 0 Å². The van der Waals surface area contributed by atoms with Crippen LogP contribution in [-0.4, -0.2) is 24.8 Å². The van der Waals surface area contributed by atoms with E-state index in [1.54, 1.807) is 0 Å². The van der Waals surface area contributed by atoms with Crippen LogP contribution in [0.5, 0.6) is 0 Å². The van der Waals surface area contributed by atoms with E-state index < -0.39 is 0 Å². The Morgan fingerprint density at radius 3 is 1.44 bits per heavy atom. The Bertz CT molecular complexity index is 615. The molecule has 6 aliphatic rings. The summed E-state index contributed by atoms with van der Waals surface area (Å²) in [6.45, 7) is 14.8. The van der Waals surface area contributed by atoms with Gasteiger partial charge in [0.05, 0.1) is 12.2 Å². The molecule has 10 atom stereocenters. The van der Waals surface area contributed by atoms with E-state index in [9.17, 15) is 0 Å². The van der Waals surface area contributed by atoms with Crippen LogP contribution in [0.3, 0.4) is 0 Å². The van der Waals surface area contributed by atoms with Crippen molar-refractivity contribution in [2.75, 3.05) is 0 Å². The van der Waals surface area contributed by atoms with Crippen molar-refractivity contribution in [2.45, 2.75) is 105 Å². The highest BCUT2D eigenvalue weighted by molar-refractivity contribution is 5.18. The predicted molar refractivity (Wildman–Crippen MR) is 104 cm³/mol. The summed E-state index contributed by atoms with van der Waals surface area (Å²) in [5.74, 6) is 3.00. The standard InChI is InChI=1S/C24H38O3/c1-21(2)15-7-9-23(21,5)19-13(15)11-17(26-19)25-18-12-14-16-8-10-24(6,20(14)27-18)22(16,3)4/h13-20H,7-12H2,1-6H3/t13-,14-,15+,16+,17-,18-,19-,20-,23?,24?/m1/s1. The summed E-state index contributed by atoms with van der Waals surface area (Å²) < 4.78 is 19.6. The highest BCUT2D eigenvalue weighted by Gasteiger charge is 2.71. The lowest BCUT2D eigenvalue weighted by Gasteiger charge is -2.39. The number of rotatable bonds is 2. The minimum absolute atomic E-state index is 0.0432. The minimum Gasteiger partial charge on any atom is -0.348 e. The first kappa shape index (κ1) is 17.7. The summed E-state index contributed by atoms with van der Waals surface area (Å²) in [6, 6.07) is 0. The maximum atomic E-state index is 6.58. The van der Waals surface area contributed by atoms with Gasteiger partial charge in [-0.05, 0) is 71.0 Å². The van der Waals surface area contributed by atoms with Crippen molar-refractivity contribution in [2.24, 2.45) is 45.3 Å². The fourth-order valence-electron chi connectivity index (χ4n) is 9.31. The first-order valence-corrected chi connectivity index (χ1v) is 11.6. The Morgan fingerprint density at radius 2 is 1.07 bits per heavy atom. The van der Waals surface area contributed by atoms with Gasteiger partial charge >= 0.3 is 0 Å². The molecule has 4 saturated carbocycles. The van der Waals surface area contributed by atoms with Crippen LogP contribution in [0.4, 0.5) is 0 Å². The lowest BCUT2D eigenvalue weighted by Crippen LogP contribution is -2.39. The second kappa shape index (κ2) is 4.95. The van der Waals surface area contributed by atoms with Gasteiger partial charge in [0.1, 0.15) is 0 Å². The zero-order valence-corrected chi connectivity index (χ0v) is 18.1. The van der Waals surface area contributed by atoms with E-state index in [-0.39, 0.29) is 12.6 Å². The summed E-state index contributed by atoms with van der Waals surface area (Å²) >= 11 is 0. The van der Waals surface area contributed by atoms with Gasteiger partial charge in [0.15, 0.2) is 12.6 Å². The molecule has 2 aliphatic heterocycles. The quantitative estimate of drug-likeness (QED) is 0.650. The van der Waals surface area contributed by atoms with E-state index in [1.165, 1.54) is 25.7 Å². The normalized spacial score (nSPS) is 61.6. The monoisotopic (exact) mass is 374 g/mol. The summed E-state index contributed by atoms with van der Waals surface area (Å²) in [6.07, 6.45) is 8.24. The Hall–Kier alpha value is -0.120. The van der Waals surface area contributed by atoms with E-state index in [4.69, 9.17) is 14.2 Å². The van der Waals surface area contributed by atoms with Crippen molar-refractivity contribution >= 4 is 0 Å². The molecule has 2 heterocycles.